The molecule has 1 fully saturated rings. The van der Waals surface area contributed by atoms with Crippen molar-refractivity contribution >= 4 is 11.0 Å². The highest BCUT2D eigenvalue weighted by Gasteiger charge is 2.43. The molecule has 2 aromatic heterocycles. The summed E-state index contributed by atoms with van der Waals surface area (Å²) in [4.78, 5) is 9.15. The maximum atomic E-state index is 6.22. The lowest BCUT2D eigenvalue weighted by molar-refractivity contribution is 0.616. The van der Waals surface area contributed by atoms with Gasteiger partial charge in [0.05, 0.1) is 11.2 Å². The van der Waals surface area contributed by atoms with E-state index in [4.69, 9.17) is 10.2 Å². The summed E-state index contributed by atoms with van der Waals surface area (Å²) in [6.07, 6.45) is 3.68. The van der Waals surface area contributed by atoms with Crippen LogP contribution in [-0.4, -0.2) is 9.97 Å². The molecule has 0 bridgehead atoms. The van der Waals surface area contributed by atoms with Gasteiger partial charge >= 0.3 is 0 Å². The van der Waals surface area contributed by atoms with Crippen LogP contribution in [0.2, 0.25) is 0 Å². The summed E-state index contributed by atoms with van der Waals surface area (Å²) in [5.74, 6) is 0.748. The molecular formula is C16H15N3O. The molecule has 4 rings (SSSR count). The fourth-order valence-electron chi connectivity index (χ4n) is 2.46. The van der Waals surface area contributed by atoms with Gasteiger partial charge in [-0.3, -0.25) is 0 Å². The average molecular weight is 265 g/mol. The van der Waals surface area contributed by atoms with E-state index in [-0.39, 0.29) is 5.54 Å². The number of benzene rings is 1. The molecule has 0 saturated heterocycles. The number of hydrogen-bond acceptors (Lipinski definition) is 4. The van der Waals surface area contributed by atoms with E-state index in [0.29, 0.717) is 0 Å². The minimum Gasteiger partial charge on any atom is -0.464 e. The average Bonchev–Trinajstić information content (AvgIpc) is 3.05. The highest BCUT2D eigenvalue weighted by Crippen LogP contribution is 2.41. The van der Waals surface area contributed by atoms with E-state index in [0.717, 1.165) is 46.6 Å². The second-order valence-electron chi connectivity index (χ2n) is 5.52. The van der Waals surface area contributed by atoms with Crippen molar-refractivity contribution < 1.29 is 4.42 Å². The summed E-state index contributed by atoms with van der Waals surface area (Å²) in [5.41, 5.74) is 9.59. The van der Waals surface area contributed by atoms with Gasteiger partial charge < -0.3 is 10.2 Å². The molecule has 4 nitrogen and oxygen atoms in total. The Hall–Kier alpha value is -2.20. The molecule has 1 aliphatic carbocycles. The first-order valence-corrected chi connectivity index (χ1v) is 6.77. The van der Waals surface area contributed by atoms with Gasteiger partial charge in [0.15, 0.2) is 0 Å². The third-order valence-corrected chi connectivity index (χ3v) is 3.85. The van der Waals surface area contributed by atoms with Gasteiger partial charge in [0.1, 0.15) is 17.7 Å². The van der Waals surface area contributed by atoms with Gasteiger partial charge in [0, 0.05) is 16.6 Å². The maximum absolute atomic E-state index is 6.22. The van der Waals surface area contributed by atoms with Gasteiger partial charge in [-0.2, -0.15) is 0 Å². The molecule has 100 valence electrons. The Morgan fingerprint density at radius 2 is 2.00 bits per heavy atom. The predicted molar refractivity (Wildman–Crippen MR) is 77.1 cm³/mol. The van der Waals surface area contributed by atoms with Crippen molar-refractivity contribution in [1.82, 2.24) is 9.97 Å². The fourth-order valence-corrected chi connectivity index (χ4v) is 2.46. The Morgan fingerprint density at radius 1 is 1.20 bits per heavy atom. The summed E-state index contributed by atoms with van der Waals surface area (Å²) < 4.78 is 5.59. The van der Waals surface area contributed by atoms with Crippen molar-refractivity contribution in [3.63, 3.8) is 0 Å². The van der Waals surface area contributed by atoms with E-state index in [1.807, 2.05) is 37.3 Å². The van der Waals surface area contributed by atoms with Crippen molar-refractivity contribution in [2.75, 3.05) is 0 Å². The summed E-state index contributed by atoms with van der Waals surface area (Å²) in [6.45, 7) is 1.97. The number of fused-ring (bicyclic) bond motifs is 1. The molecule has 0 unspecified atom stereocenters. The van der Waals surface area contributed by atoms with Crippen LogP contribution in [0.4, 0.5) is 0 Å². The minimum absolute atomic E-state index is 0.319. The highest BCUT2D eigenvalue weighted by atomic mass is 16.3. The molecule has 2 heterocycles. The molecule has 1 aliphatic rings. The van der Waals surface area contributed by atoms with Gasteiger partial charge in [-0.05, 0) is 31.9 Å². The summed E-state index contributed by atoms with van der Waals surface area (Å²) in [6, 6.07) is 9.94. The quantitative estimate of drug-likeness (QED) is 0.773. The van der Waals surface area contributed by atoms with Crippen LogP contribution in [0.5, 0.6) is 0 Å². The smallest absolute Gasteiger partial charge is 0.149 e. The Balaban J connectivity index is 1.92. The number of hydrogen-bond donors (Lipinski definition) is 1. The second-order valence-corrected chi connectivity index (χ2v) is 5.52. The van der Waals surface area contributed by atoms with E-state index < -0.39 is 0 Å². The van der Waals surface area contributed by atoms with E-state index >= 15 is 0 Å². The lowest BCUT2D eigenvalue weighted by Crippen LogP contribution is -2.22. The zero-order valence-corrected chi connectivity index (χ0v) is 11.3. The molecule has 4 heteroatoms. The van der Waals surface area contributed by atoms with Crippen LogP contribution in [0.3, 0.4) is 0 Å². The maximum Gasteiger partial charge on any atom is 0.149 e. The van der Waals surface area contributed by atoms with Gasteiger partial charge in [0.2, 0.25) is 0 Å². The molecule has 3 aromatic rings. The van der Waals surface area contributed by atoms with Crippen LogP contribution in [0.25, 0.3) is 22.2 Å². The van der Waals surface area contributed by atoms with Crippen LogP contribution in [0.1, 0.15) is 24.4 Å². The van der Waals surface area contributed by atoms with Crippen LogP contribution < -0.4 is 5.73 Å². The molecule has 0 amide bonds. The Kier molecular flexibility index (Phi) is 2.26. The molecule has 0 atom stereocenters. The summed E-state index contributed by atoms with van der Waals surface area (Å²) in [5, 5.41) is 1.07. The van der Waals surface area contributed by atoms with Gasteiger partial charge in [0.25, 0.3) is 0 Å². The van der Waals surface area contributed by atoms with Crippen molar-refractivity contribution in [3.8, 4) is 11.3 Å². The second kappa shape index (κ2) is 3.90. The third kappa shape index (κ3) is 1.72. The standard InChI is InChI=1S/C16H15N3O/c1-10-8-13(19-15(18-10)16(17)6-7-16)12-9-20-14-5-3-2-4-11(12)14/h2-5,8-9H,6-7,17H2,1H3. The number of rotatable bonds is 2. The van der Waals surface area contributed by atoms with Crippen molar-refractivity contribution in [2.24, 2.45) is 5.73 Å². The van der Waals surface area contributed by atoms with Crippen LogP contribution in [-0.2, 0) is 5.54 Å². The number of aryl methyl sites for hydroxylation is 1. The molecule has 20 heavy (non-hydrogen) atoms. The van der Waals surface area contributed by atoms with E-state index in [1.54, 1.807) is 6.26 Å². The number of aromatic nitrogens is 2. The Morgan fingerprint density at radius 3 is 2.80 bits per heavy atom. The zero-order chi connectivity index (χ0) is 13.7. The molecule has 1 aromatic carbocycles. The van der Waals surface area contributed by atoms with Crippen LogP contribution >= 0.6 is 0 Å². The minimum atomic E-state index is -0.319. The molecule has 2 N–H and O–H groups in total. The largest absolute Gasteiger partial charge is 0.464 e. The Labute approximate surface area is 116 Å². The molecular weight excluding hydrogens is 250 g/mol. The Bertz CT molecular complexity index is 802. The van der Waals surface area contributed by atoms with Gasteiger partial charge in [-0.25, -0.2) is 9.97 Å². The number of nitrogens with two attached hydrogens (primary N) is 1. The van der Waals surface area contributed by atoms with Crippen molar-refractivity contribution in [3.05, 3.63) is 48.1 Å². The third-order valence-electron chi connectivity index (χ3n) is 3.85. The van der Waals surface area contributed by atoms with E-state index in [2.05, 4.69) is 9.97 Å². The monoisotopic (exact) mass is 265 g/mol. The first kappa shape index (κ1) is 11.6. The molecule has 0 spiro atoms. The normalized spacial score (nSPS) is 16.5. The molecule has 1 saturated carbocycles. The number of nitrogens with zero attached hydrogens (tertiary/aromatic N) is 2. The van der Waals surface area contributed by atoms with Crippen molar-refractivity contribution in [1.29, 1.82) is 0 Å². The van der Waals surface area contributed by atoms with E-state index in [9.17, 15) is 0 Å². The predicted octanol–water partition coefficient (Wildman–Crippen LogP) is 3.15. The van der Waals surface area contributed by atoms with Gasteiger partial charge in [-0.1, -0.05) is 18.2 Å². The topological polar surface area (TPSA) is 64.9 Å². The first-order valence-electron chi connectivity index (χ1n) is 6.77. The lowest BCUT2D eigenvalue weighted by atomic mass is 10.1. The summed E-state index contributed by atoms with van der Waals surface area (Å²) >= 11 is 0. The van der Waals surface area contributed by atoms with Crippen molar-refractivity contribution in [2.45, 2.75) is 25.3 Å². The van der Waals surface area contributed by atoms with Crippen LogP contribution in [0.15, 0.2) is 41.0 Å². The van der Waals surface area contributed by atoms with E-state index in [1.165, 1.54) is 0 Å². The SMILES string of the molecule is Cc1cc(-c2coc3ccccc23)nc(C2(N)CC2)n1. The first-order chi connectivity index (χ1) is 9.66. The number of para-hydroxylation sites is 1. The fraction of sp³-hybridized carbons (Fsp3) is 0.250. The zero-order valence-electron chi connectivity index (χ0n) is 11.3. The van der Waals surface area contributed by atoms with Gasteiger partial charge in [-0.15, -0.1) is 0 Å². The lowest BCUT2D eigenvalue weighted by Gasteiger charge is -2.09. The summed E-state index contributed by atoms with van der Waals surface area (Å²) in [7, 11) is 0. The van der Waals surface area contributed by atoms with Crippen LogP contribution in [0, 0.1) is 6.92 Å². The number of furan rings is 1. The highest BCUT2D eigenvalue weighted by molar-refractivity contribution is 5.92. The molecule has 0 radical (unpaired) electrons. The molecule has 0 aliphatic heterocycles.